The van der Waals surface area contributed by atoms with Gasteiger partial charge in [0, 0.05) is 5.56 Å². The molecule has 76 valence electrons. The number of hydrogen-bond donors (Lipinski definition) is 0. The molecule has 1 aliphatic rings. The van der Waals surface area contributed by atoms with Gasteiger partial charge in [0.05, 0.1) is 12.2 Å². The van der Waals surface area contributed by atoms with Crippen molar-refractivity contribution in [3.63, 3.8) is 0 Å². The maximum absolute atomic E-state index is 5.72. The molecule has 1 aliphatic heterocycles. The highest BCUT2D eigenvalue weighted by molar-refractivity contribution is 5.16. The zero-order valence-electron chi connectivity index (χ0n) is 8.64. The van der Waals surface area contributed by atoms with E-state index in [9.17, 15) is 0 Å². The van der Waals surface area contributed by atoms with E-state index in [0.717, 1.165) is 12.0 Å². The lowest BCUT2D eigenvalue weighted by Gasteiger charge is -2.32. The maximum Gasteiger partial charge on any atom is 0.184 e. The third-order valence-electron chi connectivity index (χ3n) is 2.45. The Balaban J connectivity index is 2.11. The second-order valence-electron chi connectivity index (χ2n) is 3.87. The molecule has 1 saturated heterocycles. The van der Waals surface area contributed by atoms with Crippen molar-refractivity contribution in [2.45, 2.75) is 38.8 Å². The van der Waals surface area contributed by atoms with Gasteiger partial charge in [0.15, 0.2) is 6.29 Å². The quantitative estimate of drug-likeness (QED) is 0.681. The van der Waals surface area contributed by atoms with Crippen LogP contribution in [0.3, 0.4) is 0 Å². The molecule has 0 amide bonds. The molecule has 0 unspecified atom stereocenters. The number of rotatable bonds is 1. The van der Waals surface area contributed by atoms with E-state index in [1.165, 1.54) is 0 Å². The zero-order chi connectivity index (χ0) is 9.97. The normalized spacial score (nSPS) is 32.9. The first kappa shape index (κ1) is 9.69. The Hall–Kier alpha value is -0.860. The Morgan fingerprint density at radius 1 is 1.00 bits per heavy atom. The van der Waals surface area contributed by atoms with Crippen molar-refractivity contribution in [2.24, 2.45) is 0 Å². The van der Waals surface area contributed by atoms with E-state index in [0.29, 0.717) is 0 Å². The summed E-state index contributed by atoms with van der Waals surface area (Å²) in [4.78, 5) is 0. The molecule has 14 heavy (non-hydrogen) atoms. The molecule has 2 atom stereocenters. The topological polar surface area (TPSA) is 18.5 Å². The van der Waals surface area contributed by atoms with E-state index in [1.54, 1.807) is 0 Å². The van der Waals surface area contributed by atoms with Crippen LogP contribution in [0.25, 0.3) is 0 Å². The van der Waals surface area contributed by atoms with E-state index < -0.39 is 0 Å². The van der Waals surface area contributed by atoms with Gasteiger partial charge in [0.1, 0.15) is 0 Å². The van der Waals surface area contributed by atoms with Crippen molar-refractivity contribution in [3.05, 3.63) is 35.9 Å². The number of benzene rings is 1. The molecule has 1 aromatic carbocycles. The fourth-order valence-corrected chi connectivity index (χ4v) is 1.80. The standard InChI is InChI=1S/C12H16O2/c1-9-8-10(2)14-12(13-9)11-6-4-3-5-7-11/h3-7,9-10,12H,8H2,1-2H3/t9-,10-/m1/s1. The largest absolute Gasteiger partial charge is 0.345 e. The summed E-state index contributed by atoms with van der Waals surface area (Å²) in [5, 5.41) is 0. The van der Waals surface area contributed by atoms with Crippen molar-refractivity contribution in [1.82, 2.24) is 0 Å². The fraction of sp³-hybridized carbons (Fsp3) is 0.500. The highest BCUT2D eigenvalue weighted by atomic mass is 16.7. The van der Waals surface area contributed by atoms with Gasteiger partial charge in [-0.2, -0.15) is 0 Å². The van der Waals surface area contributed by atoms with Crippen molar-refractivity contribution in [2.75, 3.05) is 0 Å². The van der Waals surface area contributed by atoms with Crippen molar-refractivity contribution in [1.29, 1.82) is 0 Å². The molecule has 0 saturated carbocycles. The lowest BCUT2D eigenvalue weighted by Crippen LogP contribution is -2.30. The summed E-state index contributed by atoms with van der Waals surface area (Å²) in [5.74, 6) is 0. The van der Waals surface area contributed by atoms with Gasteiger partial charge >= 0.3 is 0 Å². The minimum absolute atomic E-state index is 0.185. The lowest BCUT2D eigenvalue weighted by molar-refractivity contribution is -0.239. The van der Waals surface area contributed by atoms with Gasteiger partial charge in [-0.15, -0.1) is 0 Å². The van der Waals surface area contributed by atoms with E-state index >= 15 is 0 Å². The van der Waals surface area contributed by atoms with Gasteiger partial charge in [0.25, 0.3) is 0 Å². The molecule has 0 spiro atoms. The second kappa shape index (κ2) is 4.11. The molecule has 0 aliphatic carbocycles. The maximum atomic E-state index is 5.72. The van der Waals surface area contributed by atoms with E-state index in [-0.39, 0.29) is 18.5 Å². The van der Waals surface area contributed by atoms with Crippen LogP contribution in [0.2, 0.25) is 0 Å². The van der Waals surface area contributed by atoms with Crippen LogP contribution in [0.5, 0.6) is 0 Å². The highest BCUT2D eigenvalue weighted by Gasteiger charge is 2.25. The van der Waals surface area contributed by atoms with E-state index in [1.807, 2.05) is 30.3 Å². The Bertz CT molecular complexity index is 274. The van der Waals surface area contributed by atoms with Crippen molar-refractivity contribution >= 4 is 0 Å². The summed E-state index contributed by atoms with van der Waals surface area (Å²) in [5.41, 5.74) is 1.10. The highest BCUT2D eigenvalue weighted by Crippen LogP contribution is 2.28. The first-order valence-electron chi connectivity index (χ1n) is 5.11. The first-order chi connectivity index (χ1) is 6.75. The molecule has 0 aromatic heterocycles. The number of hydrogen-bond acceptors (Lipinski definition) is 2. The van der Waals surface area contributed by atoms with Gasteiger partial charge < -0.3 is 9.47 Å². The molecule has 0 N–H and O–H groups in total. The van der Waals surface area contributed by atoms with Crippen molar-refractivity contribution in [3.8, 4) is 0 Å². The average molecular weight is 192 g/mol. The predicted molar refractivity (Wildman–Crippen MR) is 54.9 cm³/mol. The molecule has 2 nitrogen and oxygen atoms in total. The summed E-state index contributed by atoms with van der Waals surface area (Å²) in [6, 6.07) is 10.1. The van der Waals surface area contributed by atoms with Crippen LogP contribution >= 0.6 is 0 Å². The molecule has 1 aromatic rings. The third-order valence-corrected chi connectivity index (χ3v) is 2.45. The SMILES string of the molecule is C[C@@H]1C[C@@H](C)OC(c2ccccc2)O1. The second-order valence-corrected chi connectivity index (χ2v) is 3.87. The molecular weight excluding hydrogens is 176 g/mol. The molecular formula is C12H16O2. The van der Waals surface area contributed by atoms with Crippen LogP contribution in [0.15, 0.2) is 30.3 Å². The molecule has 1 fully saturated rings. The van der Waals surface area contributed by atoms with E-state index in [4.69, 9.17) is 9.47 Å². The Morgan fingerprint density at radius 2 is 1.57 bits per heavy atom. The molecule has 2 heteroatoms. The summed E-state index contributed by atoms with van der Waals surface area (Å²) in [6.07, 6.45) is 1.35. The van der Waals surface area contributed by atoms with E-state index in [2.05, 4.69) is 13.8 Å². The molecule has 1 heterocycles. The predicted octanol–water partition coefficient (Wildman–Crippen LogP) is 2.90. The Labute approximate surface area is 84.8 Å². The smallest absolute Gasteiger partial charge is 0.184 e. The van der Waals surface area contributed by atoms with Crippen LogP contribution in [0, 0.1) is 0 Å². The summed E-state index contributed by atoms with van der Waals surface area (Å²) in [7, 11) is 0. The Kier molecular flexibility index (Phi) is 2.85. The van der Waals surface area contributed by atoms with Crippen LogP contribution in [0.4, 0.5) is 0 Å². The van der Waals surface area contributed by atoms with Gasteiger partial charge in [-0.3, -0.25) is 0 Å². The Morgan fingerprint density at radius 3 is 2.14 bits per heavy atom. The fourth-order valence-electron chi connectivity index (χ4n) is 1.80. The third kappa shape index (κ3) is 2.14. The van der Waals surface area contributed by atoms with Gasteiger partial charge in [-0.1, -0.05) is 30.3 Å². The zero-order valence-corrected chi connectivity index (χ0v) is 8.64. The van der Waals surface area contributed by atoms with Crippen molar-refractivity contribution < 1.29 is 9.47 Å². The monoisotopic (exact) mass is 192 g/mol. The average Bonchev–Trinajstić information content (AvgIpc) is 2.18. The van der Waals surface area contributed by atoms with Crippen LogP contribution in [-0.4, -0.2) is 12.2 Å². The van der Waals surface area contributed by atoms with Gasteiger partial charge in [-0.05, 0) is 20.3 Å². The summed E-state index contributed by atoms with van der Waals surface area (Å²) >= 11 is 0. The summed E-state index contributed by atoms with van der Waals surface area (Å²) in [6.45, 7) is 4.18. The van der Waals surface area contributed by atoms with Gasteiger partial charge in [-0.25, -0.2) is 0 Å². The number of ether oxygens (including phenoxy) is 2. The minimum Gasteiger partial charge on any atom is -0.345 e. The van der Waals surface area contributed by atoms with Crippen LogP contribution < -0.4 is 0 Å². The van der Waals surface area contributed by atoms with Crippen LogP contribution in [0.1, 0.15) is 32.1 Å². The minimum atomic E-state index is -0.185. The van der Waals surface area contributed by atoms with Crippen LogP contribution in [-0.2, 0) is 9.47 Å². The summed E-state index contributed by atoms with van der Waals surface area (Å²) < 4.78 is 11.4. The molecule has 0 bridgehead atoms. The first-order valence-corrected chi connectivity index (χ1v) is 5.11. The lowest BCUT2D eigenvalue weighted by atomic mass is 10.1. The molecule has 2 rings (SSSR count). The molecule has 0 radical (unpaired) electrons. The van der Waals surface area contributed by atoms with Gasteiger partial charge in [0.2, 0.25) is 0 Å².